The first-order chi connectivity index (χ1) is 15.9. The summed E-state index contributed by atoms with van der Waals surface area (Å²) in [6.07, 6.45) is 6.50. The van der Waals surface area contributed by atoms with Crippen LogP contribution in [0.3, 0.4) is 0 Å². The number of ether oxygens (including phenoxy) is 1. The number of hydrogen-bond donors (Lipinski definition) is 1. The van der Waals surface area contributed by atoms with Gasteiger partial charge < -0.3 is 14.5 Å². The van der Waals surface area contributed by atoms with Crippen molar-refractivity contribution in [2.45, 2.75) is 49.6 Å². The first-order valence-corrected chi connectivity index (χ1v) is 12.5. The van der Waals surface area contributed by atoms with Crippen molar-refractivity contribution in [2.24, 2.45) is 0 Å². The maximum Gasteiger partial charge on any atom is 0.291 e. The molecule has 1 saturated carbocycles. The highest BCUT2D eigenvalue weighted by Gasteiger charge is 2.29. The number of nitrogens with zero attached hydrogens (tertiary/aromatic N) is 1. The first-order valence-electron chi connectivity index (χ1n) is 11.1. The summed E-state index contributed by atoms with van der Waals surface area (Å²) in [6, 6.07) is 17.2. The van der Waals surface area contributed by atoms with Gasteiger partial charge in [0.25, 0.3) is 5.91 Å². The van der Waals surface area contributed by atoms with Gasteiger partial charge in [-0.25, -0.2) is 8.42 Å². The zero-order valence-electron chi connectivity index (χ0n) is 18.6. The molecule has 1 fully saturated rings. The maximum atomic E-state index is 13.0. The summed E-state index contributed by atoms with van der Waals surface area (Å²) >= 11 is 0. The number of para-hydroxylation sites is 1. The average molecular weight is 469 g/mol. The van der Waals surface area contributed by atoms with Gasteiger partial charge in [0.2, 0.25) is 10.0 Å². The van der Waals surface area contributed by atoms with E-state index in [2.05, 4.69) is 5.32 Å². The van der Waals surface area contributed by atoms with Gasteiger partial charge in [-0.15, -0.1) is 0 Å². The van der Waals surface area contributed by atoms with Crippen LogP contribution in [0.2, 0.25) is 0 Å². The smallest absolute Gasteiger partial charge is 0.291 e. The Bertz CT molecular complexity index is 1170. The summed E-state index contributed by atoms with van der Waals surface area (Å²) in [6.45, 7) is 0.188. The van der Waals surface area contributed by atoms with E-state index in [1.54, 1.807) is 25.2 Å². The molecule has 0 bridgehead atoms. The molecule has 1 heterocycles. The Balaban J connectivity index is 1.40. The van der Waals surface area contributed by atoms with Crippen LogP contribution in [-0.4, -0.2) is 31.7 Å². The van der Waals surface area contributed by atoms with Crippen LogP contribution < -0.4 is 10.1 Å². The standard InChI is InChI=1S/C25H28N2O5S/c1-27(21-8-4-2-5-9-21)33(29,30)23-14-12-20(13-15-23)26-25(28)24-19(16-17-31-24)18-32-22-10-6-3-7-11-22/h3,6-7,10-17,21H,2,4-5,8-9,18H2,1H3,(H,26,28). The average Bonchev–Trinajstić information content (AvgIpc) is 3.33. The van der Waals surface area contributed by atoms with Gasteiger partial charge in [0.05, 0.1) is 11.2 Å². The molecule has 8 heteroatoms. The van der Waals surface area contributed by atoms with Crippen molar-refractivity contribution in [3.63, 3.8) is 0 Å². The Morgan fingerprint density at radius 1 is 1.03 bits per heavy atom. The second-order valence-electron chi connectivity index (χ2n) is 8.17. The number of rotatable bonds is 8. The van der Waals surface area contributed by atoms with Crippen LogP contribution in [0.5, 0.6) is 5.75 Å². The van der Waals surface area contributed by atoms with Crippen molar-refractivity contribution in [3.8, 4) is 5.75 Å². The van der Waals surface area contributed by atoms with E-state index in [1.165, 1.54) is 22.7 Å². The second-order valence-corrected chi connectivity index (χ2v) is 10.2. The summed E-state index contributed by atoms with van der Waals surface area (Å²) in [5.74, 6) is 0.418. The quantitative estimate of drug-likeness (QED) is 0.499. The molecule has 7 nitrogen and oxygen atoms in total. The van der Waals surface area contributed by atoms with E-state index in [1.807, 2.05) is 30.3 Å². The molecule has 0 spiro atoms. The third-order valence-electron chi connectivity index (χ3n) is 5.97. The van der Waals surface area contributed by atoms with Crippen LogP contribution in [0.15, 0.2) is 76.2 Å². The molecule has 1 amide bonds. The third-order valence-corrected chi connectivity index (χ3v) is 7.89. The van der Waals surface area contributed by atoms with Crippen LogP contribution in [-0.2, 0) is 16.6 Å². The fourth-order valence-electron chi connectivity index (χ4n) is 4.03. The third kappa shape index (κ3) is 5.46. The van der Waals surface area contributed by atoms with Crippen LogP contribution in [0, 0.1) is 0 Å². The molecule has 0 atom stereocenters. The number of anilines is 1. The van der Waals surface area contributed by atoms with E-state index in [-0.39, 0.29) is 23.3 Å². The molecule has 1 N–H and O–H groups in total. The highest BCUT2D eigenvalue weighted by molar-refractivity contribution is 7.89. The summed E-state index contributed by atoms with van der Waals surface area (Å²) in [4.78, 5) is 12.9. The van der Waals surface area contributed by atoms with E-state index in [0.29, 0.717) is 17.0 Å². The lowest BCUT2D eigenvalue weighted by molar-refractivity contribution is 0.0993. The van der Waals surface area contributed by atoms with Gasteiger partial charge in [0.15, 0.2) is 5.76 Å². The van der Waals surface area contributed by atoms with E-state index in [9.17, 15) is 13.2 Å². The van der Waals surface area contributed by atoms with Gasteiger partial charge >= 0.3 is 0 Å². The van der Waals surface area contributed by atoms with E-state index >= 15 is 0 Å². The molecule has 0 radical (unpaired) electrons. The Morgan fingerprint density at radius 2 is 1.73 bits per heavy atom. The van der Waals surface area contributed by atoms with Crippen molar-refractivity contribution in [2.75, 3.05) is 12.4 Å². The summed E-state index contributed by atoms with van der Waals surface area (Å²) in [5, 5.41) is 2.76. The lowest BCUT2D eigenvalue weighted by Gasteiger charge is -2.30. The molecular weight excluding hydrogens is 440 g/mol. The number of hydrogen-bond acceptors (Lipinski definition) is 5. The molecular formula is C25H28N2O5S. The van der Waals surface area contributed by atoms with Crippen molar-refractivity contribution < 1.29 is 22.4 Å². The summed E-state index contributed by atoms with van der Waals surface area (Å²) < 4.78 is 38.6. The number of carbonyl (C=O) groups excluding carboxylic acids is 1. The number of nitrogens with one attached hydrogen (secondary N) is 1. The zero-order valence-corrected chi connectivity index (χ0v) is 19.4. The second kappa shape index (κ2) is 10.2. The van der Waals surface area contributed by atoms with Crippen LogP contribution >= 0.6 is 0 Å². The van der Waals surface area contributed by atoms with Crippen molar-refractivity contribution in [1.82, 2.24) is 4.31 Å². The van der Waals surface area contributed by atoms with Gasteiger partial charge in [0, 0.05) is 24.3 Å². The number of sulfonamides is 1. The Hall–Kier alpha value is -3.10. The van der Waals surface area contributed by atoms with Crippen molar-refractivity contribution in [1.29, 1.82) is 0 Å². The molecule has 1 aliphatic rings. The maximum absolute atomic E-state index is 13.0. The predicted molar refractivity (Wildman–Crippen MR) is 126 cm³/mol. The molecule has 0 unspecified atom stereocenters. The molecule has 1 aromatic heterocycles. The van der Waals surface area contributed by atoms with Gasteiger partial charge in [-0.1, -0.05) is 37.5 Å². The minimum absolute atomic E-state index is 0.0404. The normalized spacial score (nSPS) is 14.8. The Morgan fingerprint density at radius 3 is 2.42 bits per heavy atom. The lowest BCUT2D eigenvalue weighted by Crippen LogP contribution is -2.38. The first kappa shape index (κ1) is 23.1. The monoisotopic (exact) mass is 468 g/mol. The largest absolute Gasteiger partial charge is 0.489 e. The molecule has 0 aliphatic heterocycles. The molecule has 3 aromatic rings. The van der Waals surface area contributed by atoms with Gasteiger partial charge in [-0.3, -0.25) is 4.79 Å². The fraction of sp³-hybridized carbons (Fsp3) is 0.320. The fourth-order valence-corrected chi connectivity index (χ4v) is 5.45. The van der Waals surface area contributed by atoms with Crippen LogP contribution in [0.1, 0.15) is 48.2 Å². The molecule has 1 aliphatic carbocycles. The van der Waals surface area contributed by atoms with Gasteiger partial charge in [-0.2, -0.15) is 4.31 Å². The minimum atomic E-state index is -3.58. The topological polar surface area (TPSA) is 88.9 Å². The molecule has 2 aromatic carbocycles. The lowest BCUT2D eigenvalue weighted by atomic mass is 9.96. The number of carbonyl (C=O) groups is 1. The minimum Gasteiger partial charge on any atom is -0.489 e. The van der Waals surface area contributed by atoms with Crippen LogP contribution in [0.4, 0.5) is 5.69 Å². The van der Waals surface area contributed by atoms with E-state index in [4.69, 9.17) is 9.15 Å². The van der Waals surface area contributed by atoms with Crippen LogP contribution in [0.25, 0.3) is 0 Å². The van der Waals surface area contributed by atoms with E-state index in [0.717, 1.165) is 32.1 Å². The van der Waals surface area contributed by atoms with Crippen molar-refractivity contribution in [3.05, 3.63) is 78.3 Å². The number of amides is 1. The molecule has 33 heavy (non-hydrogen) atoms. The Labute approximate surface area is 194 Å². The van der Waals surface area contributed by atoms with Crippen molar-refractivity contribution >= 4 is 21.6 Å². The zero-order chi connectivity index (χ0) is 23.3. The number of furan rings is 1. The summed E-state index contributed by atoms with van der Waals surface area (Å²) in [5.41, 5.74) is 1.09. The molecule has 0 saturated heterocycles. The molecule has 174 valence electrons. The van der Waals surface area contributed by atoms with Gasteiger partial charge in [0.1, 0.15) is 12.4 Å². The highest BCUT2D eigenvalue weighted by Crippen LogP contribution is 2.27. The SMILES string of the molecule is CN(C1CCCCC1)S(=O)(=O)c1ccc(NC(=O)c2occc2COc2ccccc2)cc1. The predicted octanol–water partition coefficient (Wildman–Crippen LogP) is 5.06. The Kier molecular flexibility index (Phi) is 7.15. The highest BCUT2D eigenvalue weighted by atomic mass is 32.2. The number of benzene rings is 2. The van der Waals surface area contributed by atoms with Gasteiger partial charge in [-0.05, 0) is 55.3 Å². The summed E-state index contributed by atoms with van der Waals surface area (Å²) in [7, 11) is -1.93. The molecule has 4 rings (SSSR count). The van der Waals surface area contributed by atoms with E-state index < -0.39 is 15.9 Å².